The molecule has 0 saturated carbocycles. The monoisotopic (exact) mass is 269 g/mol. The van der Waals surface area contributed by atoms with Gasteiger partial charge in [0.1, 0.15) is 0 Å². The zero-order valence-corrected chi connectivity index (χ0v) is 11.0. The quantitative estimate of drug-likeness (QED) is 0.443. The highest BCUT2D eigenvalue weighted by atomic mass is 16.2. The van der Waals surface area contributed by atoms with Gasteiger partial charge in [0, 0.05) is 5.56 Å². The van der Waals surface area contributed by atoms with Gasteiger partial charge in [0.15, 0.2) is 0 Å². The van der Waals surface area contributed by atoms with Crippen LogP contribution in [0.15, 0.2) is 48.5 Å². The van der Waals surface area contributed by atoms with Gasteiger partial charge in [-0.05, 0) is 35.7 Å². The maximum Gasteiger partial charge on any atom is 0.335 e. The van der Waals surface area contributed by atoms with Crippen molar-refractivity contribution < 1.29 is 9.59 Å². The van der Waals surface area contributed by atoms with Crippen molar-refractivity contribution in [1.82, 2.24) is 10.7 Å². The Hall–Kier alpha value is -2.66. The zero-order chi connectivity index (χ0) is 14.5. The van der Waals surface area contributed by atoms with Gasteiger partial charge in [0.05, 0.1) is 0 Å². The summed E-state index contributed by atoms with van der Waals surface area (Å²) < 4.78 is 0. The molecule has 2 aromatic carbocycles. The van der Waals surface area contributed by atoms with Gasteiger partial charge in [-0.3, -0.25) is 15.5 Å². The Bertz CT molecular complexity index is 636. The highest BCUT2D eigenvalue weighted by Gasteiger charge is 2.09. The molecule has 20 heavy (non-hydrogen) atoms. The van der Waals surface area contributed by atoms with E-state index in [-0.39, 0.29) is 0 Å². The molecular formula is C15H15N3O2. The first-order valence-corrected chi connectivity index (χ1v) is 6.10. The summed E-state index contributed by atoms with van der Waals surface area (Å²) in [5, 5.41) is 2.10. The van der Waals surface area contributed by atoms with E-state index < -0.39 is 11.9 Å². The van der Waals surface area contributed by atoms with E-state index >= 15 is 0 Å². The Kier molecular flexibility index (Phi) is 4.12. The number of amides is 3. The summed E-state index contributed by atoms with van der Waals surface area (Å²) in [6.45, 7) is 2.03. The Morgan fingerprint density at radius 2 is 1.65 bits per heavy atom. The van der Waals surface area contributed by atoms with Crippen molar-refractivity contribution in [3.8, 4) is 11.1 Å². The molecular weight excluding hydrogens is 254 g/mol. The Morgan fingerprint density at radius 1 is 1.00 bits per heavy atom. The maximum absolute atomic E-state index is 11.7. The van der Waals surface area contributed by atoms with E-state index in [4.69, 9.17) is 5.84 Å². The van der Waals surface area contributed by atoms with Crippen molar-refractivity contribution in [3.05, 3.63) is 59.7 Å². The average Bonchev–Trinajstić information content (AvgIpc) is 2.47. The topological polar surface area (TPSA) is 84.2 Å². The summed E-state index contributed by atoms with van der Waals surface area (Å²) in [6.07, 6.45) is 0. The molecule has 0 aromatic heterocycles. The van der Waals surface area contributed by atoms with Gasteiger partial charge in [0.2, 0.25) is 0 Å². The van der Waals surface area contributed by atoms with Crippen LogP contribution in [-0.4, -0.2) is 11.9 Å². The van der Waals surface area contributed by atoms with Crippen LogP contribution in [0, 0.1) is 6.92 Å². The molecule has 0 aliphatic rings. The smallest absolute Gasteiger partial charge is 0.276 e. The molecule has 0 aliphatic carbocycles. The number of hydrogen-bond acceptors (Lipinski definition) is 3. The summed E-state index contributed by atoms with van der Waals surface area (Å²) in [5.74, 6) is 4.40. The van der Waals surface area contributed by atoms with E-state index in [0.29, 0.717) is 5.56 Å². The number of carbonyl (C=O) groups is 2. The number of nitrogens with one attached hydrogen (secondary N) is 2. The van der Waals surface area contributed by atoms with Crippen LogP contribution in [0.1, 0.15) is 15.9 Å². The van der Waals surface area contributed by atoms with Gasteiger partial charge < -0.3 is 0 Å². The van der Waals surface area contributed by atoms with Crippen LogP contribution in [-0.2, 0) is 0 Å². The van der Waals surface area contributed by atoms with Crippen LogP contribution in [0.3, 0.4) is 0 Å². The van der Waals surface area contributed by atoms with Crippen molar-refractivity contribution in [2.45, 2.75) is 6.92 Å². The van der Waals surface area contributed by atoms with Crippen molar-refractivity contribution in [2.24, 2.45) is 5.84 Å². The number of nitrogens with two attached hydrogens (primary N) is 1. The molecule has 0 spiro atoms. The first-order chi connectivity index (χ1) is 9.61. The largest absolute Gasteiger partial charge is 0.335 e. The second kappa shape index (κ2) is 5.99. The van der Waals surface area contributed by atoms with Crippen LogP contribution >= 0.6 is 0 Å². The highest BCUT2D eigenvalue weighted by molar-refractivity contribution is 6.04. The highest BCUT2D eigenvalue weighted by Crippen LogP contribution is 2.23. The molecule has 0 unspecified atom stereocenters. The second-order valence-corrected chi connectivity index (χ2v) is 4.32. The lowest BCUT2D eigenvalue weighted by molar-refractivity contribution is 0.0964. The molecule has 0 atom stereocenters. The molecule has 0 aliphatic heterocycles. The Balaban J connectivity index is 2.21. The lowest BCUT2D eigenvalue weighted by atomic mass is 9.99. The number of imide groups is 1. The molecule has 5 heteroatoms. The minimum Gasteiger partial charge on any atom is -0.276 e. The predicted molar refractivity (Wildman–Crippen MR) is 76.8 cm³/mol. The number of hydrogen-bond donors (Lipinski definition) is 3. The van der Waals surface area contributed by atoms with Gasteiger partial charge in [-0.1, -0.05) is 36.4 Å². The Labute approximate surface area is 116 Å². The molecule has 0 radical (unpaired) electrons. The summed E-state index contributed by atoms with van der Waals surface area (Å²) in [6, 6.07) is 14.3. The normalized spacial score (nSPS) is 9.90. The molecule has 102 valence electrons. The fourth-order valence-corrected chi connectivity index (χ4v) is 1.91. The molecule has 2 rings (SSSR count). The predicted octanol–water partition coefficient (Wildman–Crippen LogP) is 1.98. The van der Waals surface area contributed by atoms with Gasteiger partial charge >= 0.3 is 6.03 Å². The van der Waals surface area contributed by atoms with Gasteiger partial charge in [-0.25, -0.2) is 10.6 Å². The number of benzene rings is 2. The summed E-state index contributed by atoms with van der Waals surface area (Å²) in [7, 11) is 0. The second-order valence-electron chi connectivity index (χ2n) is 4.32. The van der Waals surface area contributed by atoms with Crippen LogP contribution in [0.25, 0.3) is 11.1 Å². The lowest BCUT2D eigenvalue weighted by Gasteiger charge is -2.07. The zero-order valence-electron chi connectivity index (χ0n) is 11.0. The Morgan fingerprint density at radius 3 is 2.25 bits per heavy atom. The van der Waals surface area contributed by atoms with E-state index in [1.807, 2.05) is 48.7 Å². The summed E-state index contributed by atoms with van der Waals surface area (Å²) in [4.78, 5) is 22.7. The minimum atomic E-state index is -0.738. The van der Waals surface area contributed by atoms with Crippen molar-refractivity contribution in [2.75, 3.05) is 0 Å². The summed E-state index contributed by atoms with van der Waals surface area (Å²) in [5.41, 5.74) is 5.52. The molecule has 0 saturated heterocycles. The lowest BCUT2D eigenvalue weighted by Crippen LogP contribution is -2.42. The number of hydrazine groups is 1. The molecule has 0 bridgehead atoms. The molecule has 0 heterocycles. The van der Waals surface area contributed by atoms with E-state index in [0.717, 1.165) is 16.7 Å². The van der Waals surface area contributed by atoms with E-state index in [9.17, 15) is 9.59 Å². The number of carbonyl (C=O) groups excluding carboxylic acids is 2. The van der Waals surface area contributed by atoms with Crippen molar-refractivity contribution >= 4 is 11.9 Å². The van der Waals surface area contributed by atoms with E-state index in [1.165, 1.54) is 0 Å². The molecule has 3 amide bonds. The van der Waals surface area contributed by atoms with Gasteiger partial charge in [0.25, 0.3) is 5.91 Å². The third kappa shape index (κ3) is 3.02. The number of aryl methyl sites for hydroxylation is 1. The fourth-order valence-electron chi connectivity index (χ4n) is 1.91. The summed E-state index contributed by atoms with van der Waals surface area (Å²) >= 11 is 0. The van der Waals surface area contributed by atoms with Crippen LogP contribution in [0.4, 0.5) is 4.79 Å². The van der Waals surface area contributed by atoms with E-state index in [2.05, 4.69) is 5.32 Å². The standard InChI is InChI=1S/C15H15N3O2/c1-10-4-2-3-5-13(10)11-6-8-12(9-7-11)14(19)17-15(20)18-16/h2-9H,16H2,1H3,(H2,17,18,19,20). The van der Waals surface area contributed by atoms with E-state index in [1.54, 1.807) is 12.1 Å². The molecule has 4 N–H and O–H groups in total. The van der Waals surface area contributed by atoms with Crippen LogP contribution in [0.2, 0.25) is 0 Å². The third-order valence-corrected chi connectivity index (χ3v) is 2.96. The van der Waals surface area contributed by atoms with Gasteiger partial charge in [-0.15, -0.1) is 0 Å². The first-order valence-electron chi connectivity index (χ1n) is 6.10. The maximum atomic E-state index is 11.7. The van der Waals surface area contributed by atoms with Crippen LogP contribution < -0.4 is 16.6 Å². The van der Waals surface area contributed by atoms with Crippen LogP contribution in [0.5, 0.6) is 0 Å². The number of rotatable bonds is 2. The van der Waals surface area contributed by atoms with Crippen molar-refractivity contribution in [3.63, 3.8) is 0 Å². The first kappa shape index (κ1) is 13.8. The SMILES string of the molecule is Cc1ccccc1-c1ccc(C(=O)NC(=O)NN)cc1. The molecule has 0 fully saturated rings. The third-order valence-electron chi connectivity index (χ3n) is 2.96. The van der Waals surface area contributed by atoms with Crippen molar-refractivity contribution in [1.29, 1.82) is 0 Å². The molecule has 5 nitrogen and oxygen atoms in total. The molecule has 2 aromatic rings. The minimum absolute atomic E-state index is 0.394. The average molecular weight is 269 g/mol. The van der Waals surface area contributed by atoms with Gasteiger partial charge in [-0.2, -0.15) is 0 Å². The number of urea groups is 1. The fraction of sp³-hybridized carbons (Fsp3) is 0.0667.